The minimum Gasteiger partial charge on any atom is -0.470 e. The molecule has 0 saturated carbocycles. The van der Waals surface area contributed by atoms with Gasteiger partial charge in [-0.2, -0.15) is 0 Å². The van der Waals surface area contributed by atoms with Gasteiger partial charge in [0.25, 0.3) is 5.90 Å². The number of rotatable bonds is 3. The van der Waals surface area contributed by atoms with Gasteiger partial charge < -0.3 is 14.4 Å². The van der Waals surface area contributed by atoms with E-state index in [0.29, 0.717) is 24.8 Å². The fraction of sp³-hybridized carbons (Fsp3) is 0.750. The first-order chi connectivity index (χ1) is 6.25. The molecule has 0 fully saturated rings. The molecule has 1 aliphatic heterocycles. The molecule has 1 rings (SSSR count). The smallest absolute Gasteiger partial charge is 0.276 e. The van der Waals surface area contributed by atoms with Crippen LogP contribution in [-0.4, -0.2) is 31.9 Å². The SMILES string of the molecule is CO/N=C(/C1=NOCCO1)C(C)C. The second kappa shape index (κ2) is 4.69. The quantitative estimate of drug-likeness (QED) is 0.488. The molecule has 0 radical (unpaired) electrons. The molecule has 0 N–H and O–H groups in total. The summed E-state index contributed by atoms with van der Waals surface area (Å²) >= 11 is 0. The second-order valence-electron chi connectivity index (χ2n) is 2.89. The number of hydrogen-bond donors (Lipinski definition) is 0. The van der Waals surface area contributed by atoms with E-state index >= 15 is 0 Å². The third kappa shape index (κ3) is 2.61. The van der Waals surface area contributed by atoms with Gasteiger partial charge in [0.15, 0.2) is 6.61 Å². The first-order valence-electron chi connectivity index (χ1n) is 4.20. The topological polar surface area (TPSA) is 52.4 Å². The molecule has 74 valence electrons. The molecule has 0 aromatic carbocycles. The van der Waals surface area contributed by atoms with Crippen LogP contribution in [0.5, 0.6) is 0 Å². The predicted octanol–water partition coefficient (Wildman–Crippen LogP) is 1.01. The fourth-order valence-electron chi connectivity index (χ4n) is 0.917. The summed E-state index contributed by atoms with van der Waals surface area (Å²) in [5.74, 6) is 0.614. The first kappa shape index (κ1) is 9.83. The molecule has 0 saturated heterocycles. The Hall–Kier alpha value is -1.26. The van der Waals surface area contributed by atoms with Crippen molar-refractivity contribution in [3.63, 3.8) is 0 Å². The Bertz CT molecular complexity index is 223. The lowest BCUT2D eigenvalue weighted by Crippen LogP contribution is -2.28. The van der Waals surface area contributed by atoms with Gasteiger partial charge in [0, 0.05) is 5.92 Å². The van der Waals surface area contributed by atoms with Crippen molar-refractivity contribution in [3.05, 3.63) is 0 Å². The maximum absolute atomic E-state index is 5.27. The molecule has 0 aromatic heterocycles. The molecule has 1 heterocycles. The Kier molecular flexibility index (Phi) is 3.54. The Morgan fingerprint density at radius 2 is 2.31 bits per heavy atom. The van der Waals surface area contributed by atoms with Crippen molar-refractivity contribution < 1.29 is 14.4 Å². The lowest BCUT2D eigenvalue weighted by Gasteiger charge is -2.16. The van der Waals surface area contributed by atoms with Gasteiger partial charge in [-0.25, -0.2) is 0 Å². The molecule has 1 aliphatic rings. The van der Waals surface area contributed by atoms with Crippen molar-refractivity contribution in [2.45, 2.75) is 13.8 Å². The lowest BCUT2D eigenvalue weighted by molar-refractivity contribution is 0.0668. The summed E-state index contributed by atoms with van der Waals surface area (Å²) in [6, 6.07) is 0. The molecule has 0 atom stereocenters. The second-order valence-corrected chi connectivity index (χ2v) is 2.89. The Balaban J connectivity index is 2.74. The van der Waals surface area contributed by atoms with Crippen molar-refractivity contribution in [1.82, 2.24) is 0 Å². The Morgan fingerprint density at radius 3 is 2.77 bits per heavy atom. The van der Waals surface area contributed by atoms with Crippen LogP contribution in [0.1, 0.15) is 13.8 Å². The van der Waals surface area contributed by atoms with Crippen molar-refractivity contribution in [3.8, 4) is 0 Å². The van der Waals surface area contributed by atoms with Crippen LogP contribution in [0.15, 0.2) is 10.3 Å². The number of hydrogen-bond acceptors (Lipinski definition) is 5. The lowest BCUT2D eigenvalue weighted by atomic mass is 10.1. The Morgan fingerprint density at radius 1 is 1.54 bits per heavy atom. The highest BCUT2D eigenvalue weighted by Gasteiger charge is 2.19. The first-order valence-corrected chi connectivity index (χ1v) is 4.20. The molecule has 0 bridgehead atoms. The fourth-order valence-corrected chi connectivity index (χ4v) is 0.917. The third-order valence-corrected chi connectivity index (χ3v) is 1.52. The van der Waals surface area contributed by atoms with Gasteiger partial charge >= 0.3 is 0 Å². The number of oxime groups is 2. The standard InChI is InChI=1S/C8H14N2O3/c1-6(2)7(9-11-3)8-10-13-5-4-12-8/h6H,4-5H2,1-3H3/b9-7+. The highest BCUT2D eigenvalue weighted by molar-refractivity contribution is 6.39. The zero-order valence-corrected chi connectivity index (χ0v) is 8.11. The van der Waals surface area contributed by atoms with Crippen molar-refractivity contribution in [2.24, 2.45) is 16.2 Å². The summed E-state index contributed by atoms with van der Waals surface area (Å²) in [5, 5.41) is 7.58. The van der Waals surface area contributed by atoms with Gasteiger partial charge in [0.05, 0.1) is 0 Å². The van der Waals surface area contributed by atoms with E-state index in [2.05, 4.69) is 10.3 Å². The van der Waals surface area contributed by atoms with Gasteiger partial charge in [-0.05, 0) is 5.16 Å². The summed E-state index contributed by atoms with van der Waals surface area (Å²) in [4.78, 5) is 9.58. The van der Waals surface area contributed by atoms with Crippen molar-refractivity contribution in [2.75, 3.05) is 20.3 Å². The van der Waals surface area contributed by atoms with Crippen LogP contribution in [0.25, 0.3) is 0 Å². The van der Waals surface area contributed by atoms with E-state index in [9.17, 15) is 0 Å². The van der Waals surface area contributed by atoms with Crippen molar-refractivity contribution in [1.29, 1.82) is 0 Å². The minimum atomic E-state index is 0.195. The van der Waals surface area contributed by atoms with E-state index in [4.69, 9.17) is 14.4 Å². The largest absolute Gasteiger partial charge is 0.470 e. The van der Waals surface area contributed by atoms with Gasteiger partial charge in [-0.1, -0.05) is 19.0 Å². The molecule has 0 unspecified atom stereocenters. The van der Waals surface area contributed by atoms with E-state index in [1.165, 1.54) is 7.11 Å². The minimum absolute atomic E-state index is 0.195. The van der Waals surface area contributed by atoms with Crippen LogP contribution >= 0.6 is 0 Å². The third-order valence-electron chi connectivity index (χ3n) is 1.52. The Labute approximate surface area is 77.3 Å². The van der Waals surface area contributed by atoms with E-state index in [1.807, 2.05) is 13.8 Å². The normalized spacial score (nSPS) is 17.5. The summed E-state index contributed by atoms with van der Waals surface area (Å²) in [6.45, 7) is 4.97. The number of nitrogens with zero attached hydrogens (tertiary/aromatic N) is 2. The maximum Gasteiger partial charge on any atom is 0.276 e. The predicted molar refractivity (Wildman–Crippen MR) is 48.6 cm³/mol. The molecule has 0 spiro atoms. The van der Waals surface area contributed by atoms with Crippen LogP contribution in [0, 0.1) is 5.92 Å². The molecule has 5 nitrogen and oxygen atoms in total. The van der Waals surface area contributed by atoms with Gasteiger partial charge in [0.1, 0.15) is 19.4 Å². The van der Waals surface area contributed by atoms with Gasteiger partial charge in [-0.15, -0.1) is 0 Å². The summed E-state index contributed by atoms with van der Waals surface area (Å²) in [7, 11) is 1.49. The molecular weight excluding hydrogens is 172 g/mol. The van der Waals surface area contributed by atoms with Crippen LogP contribution in [0.2, 0.25) is 0 Å². The van der Waals surface area contributed by atoms with Crippen LogP contribution in [0.4, 0.5) is 0 Å². The summed E-state index contributed by atoms with van der Waals surface area (Å²) in [5.41, 5.74) is 0.669. The van der Waals surface area contributed by atoms with Crippen LogP contribution in [-0.2, 0) is 14.4 Å². The molecule has 0 aromatic rings. The molecule has 0 aliphatic carbocycles. The highest BCUT2D eigenvalue weighted by Crippen LogP contribution is 2.05. The average Bonchev–Trinajstić information content (AvgIpc) is 2.15. The molecular formula is C8H14N2O3. The zero-order valence-electron chi connectivity index (χ0n) is 8.11. The van der Waals surface area contributed by atoms with Crippen molar-refractivity contribution >= 4 is 11.6 Å². The molecule has 5 heteroatoms. The molecule has 0 amide bonds. The van der Waals surface area contributed by atoms with E-state index in [0.717, 1.165) is 0 Å². The number of ether oxygens (including phenoxy) is 1. The maximum atomic E-state index is 5.27. The van der Waals surface area contributed by atoms with Crippen LogP contribution < -0.4 is 0 Å². The summed E-state index contributed by atoms with van der Waals surface area (Å²) < 4.78 is 5.27. The van der Waals surface area contributed by atoms with Gasteiger partial charge in [0.2, 0.25) is 0 Å². The van der Waals surface area contributed by atoms with Gasteiger partial charge in [-0.3, -0.25) is 0 Å². The zero-order chi connectivity index (χ0) is 9.68. The summed E-state index contributed by atoms with van der Waals surface area (Å²) in [6.07, 6.45) is 0. The van der Waals surface area contributed by atoms with Crippen LogP contribution in [0.3, 0.4) is 0 Å². The molecule has 13 heavy (non-hydrogen) atoms. The van der Waals surface area contributed by atoms with E-state index < -0.39 is 0 Å². The monoisotopic (exact) mass is 186 g/mol. The highest BCUT2D eigenvalue weighted by atomic mass is 16.7. The average molecular weight is 186 g/mol. The van der Waals surface area contributed by atoms with E-state index in [-0.39, 0.29) is 5.92 Å². The van der Waals surface area contributed by atoms with E-state index in [1.54, 1.807) is 0 Å².